The summed E-state index contributed by atoms with van der Waals surface area (Å²) in [6, 6.07) is 18.8. The number of aromatic nitrogens is 5. The quantitative estimate of drug-likeness (QED) is 0.380. The van der Waals surface area contributed by atoms with Crippen LogP contribution in [0.1, 0.15) is 5.56 Å². The molecule has 2 aromatic carbocycles. The average molecular weight is 387 g/mol. The van der Waals surface area contributed by atoms with Gasteiger partial charge in [-0.2, -0.15) is 10.1 Å². The molecule has 29 heavy (non-hydrogen) atoms. The fourth-order valence-corrected chi connectivity index (χ4v) is 2.75. The van der Waals surface area contributed by atoms with Gasteiger partial charge in [-0.05, 0) is 23.3 Å². The number of anilines is 4. The summed E-state index contributed by atoms with van der Waals surface area (Å²) < 4.78 is 0. The number of nitrogens with zero attached hydrogens (tertiary/aromatic N) is 4. The lowest BCUT2D eigenvalue weighted by molar-refractivity contribution is -0.136. The van der Waals surface area contributed by atoms with Crippen LogP contribution in [-0.2, 0) is 11.2 Å². The zero-order chi connectivity index (χ0) is 20.1. The van der Waals surface area contributed by atoms with Gasteiger partial charge in [0.2, 0.25) is 11.9 Å². The number of benzene rings is 2. The van der Waals surface area contributed by atoms with Gasteiger partial charge in [-0.1, -0.05) is 42.5 Å². The van der Waals surface area contributed by atoms with Crippen LogP contribution in [-0.4, -0.2) is 36.2 Å². The highest BCUT2D eigenvalue weighted by Gasteiger charge is 2.07. The van der Waals surface area contributed by atoms with Gasteiger partial charge in [0.15, 0.2) is 5.82 Å². The number of aliphatic carboxylic acids is 1. The number of carbonyl (C=O) groups is 1. The number of hydrogen-bond donors (Lipinski definition) is 4. The molecule has 0 aliphatic heterocycles. The molecule has 2 heterocycles. The second-order valence-electron chi connectivity index (χ2n) is 6.19. The zero-order valence-corrected chi connectivity index (χ0v) is 15.2. The second-order valence-corrected chi connectivity index (χ2v) is 6.19. The summed E-state index contributed by atoms with van der Waals surface area (Å²) in [5.41, 5.74) is 3.26. The monoisotopic (exact) mass is 387 g/mol. The summed E-state index contributed by atoms with van der Waals surface area (Å²) in [5, 5.41) is 22.2. The molecule has 0 spiro atoms. The Kier molecular flexibility index (Phi) is 5.10. The summed E-state index contributed by atoms with van der Waals surface area (Å²) in [5.74, 6) is 0.344. The maximum Gasteiger partial charge on any atom is 0.307 e. The molecular formula is C20H17N7O2. The standard InChI is InChI=1S/C20H17N7O2/c28-18(29)10-13-5-4-8-15(9-13)23-19-21-12-22-20(25-19)24-17-11-16(26-27-17)14-6-2-1-3-7-14/h1-9,11-12H,10H2,(H,28,29)(H3,21,22,23,24,25,26,27). The Morgan fingerprint density at radius 3 is 2.55 bits per heavy atom. The lowest BCUT2D eigenvalue weighted by Gasteiger charge is -2.07. The first-order valence-corrected chi connectivity index (χ1v) is 8.80. The maximum atomic E-state index is 10.9. The SMILES string of the molecule is O=C(O)Cc1cccc(Nc2ncnc(Nc3cc(-c4ccccc4)[nH]n3)n2)c1. The van der Waals surface area contributed by atoms with Crippen LogP contribution in [0.25, 0.3) is 11.3 Å². The van der Waals surface area contributed by atoms with Crippen molar-refractivity contribution in [2.24, 2.45) is 0 Å². The van der Waals surface area contributed by atoms with Crippen molar-refractivity contribution in [3.05, 3.63) is 72.6 Å². The smallest absolute Gasteiger partial charge is 0.307 e. The van der Waals surface area contributed by atoms with E-state index in [1.807, 2.05) is 42.5 Å². The minimum atomic E-state index is -0.886. The number of rotatable bonds is 7. The Balaban J connectivity index is 1.47. The van der Waals surface area contributed by atoms with Crippen LogP contribution in [0.15, 0.2) is 67.0 Å². The van der Waals surface area contributed by atoms with Gasteiger partial charge in [-0.15, -0.1) is 0 Å². The molecule has 4 N–H and O–H groups in total. The van der Waals surface area contributed by atoms with E-state index in [1.165, 1.54) is 6.33 Å². The Bertz CT molecular complexity index is 1130. The first kappa shape index (κ1) is 18.1. The molecule has 9 nitrogen and oxygen atoms in total. The molecule has 4 rings (SSSR count). The van der Waals surface area contributed by atoms with E-state index in [9.17, 15) is 4.79 Å². The van der Waals surface area contributed by atoms with Crippen molar-refractivity contribution in [2.45, 2.75) is 6.42 Å². The zero-order valence-electron chi connectivity index (χ0n) is 15.2. The first-order chi connectivity index (χ1) is 14.2. The summed E-state index contributed by atoms with van der Waals surface area (Å²) in [6.45, 7) is 0. The summed E-state index contributed by atoms with van der Waals surface area (Å²) in [4.78, 5) is 23.4. The third-order valence-corrected chi connectivity index (χ3v) is 4.01. The van der Waals surface area contributed by atoms with Crippen LogP contribution in [0.2, 0.25) is 0 Å². The molecular weight excluding hydrogens is 370 g/mol. The van der Waals surface area contributed by atoms with Crippen molar-refractivity contribution < 1.29 is 9.90 Å². The number of carboxylic acid groups (broad SMARTS) is 1. The Morgan fingerprint density at radius 2 is 1.76 bits per heavy atom. The molecule has 2 aromatic heterocycles. The van der Waals surface area contributed by atoms with Crippen molar-refractivity contribution in [2.75, 3.05) is 10.6 Å². The van der Waals surface area contributed by atoms with Gasteiger partial charge in [0.25, 0.3) is 0 Å². The molecule has 0 unspecified atom stereocenters. The van der Waals surface area contributed by atoms with Crippen LogP contribution in [0, 0.1) is 0 Å². The van der Waals surface area contributed by atoms with Gasteiger partial charge in [-0.3, -0.25) is 9.89 Å². The fraction of sp³-hybridized carbons (Fsp3) is 0.0500. The average Bonchev–Trinajstić information content (AvgIpc) is 3.17. The van der Waals surface area contributed by atoms with E-state index in [2.05, 4.69) is 35.8 Å². The molecule has 0 saturated carbocycles. The minimum Gasteiger partial charge on any atom is -0.481 e. The van der Waals surface area contributed by atoms with Crippen LogP contribution in [0.5, 0.6) is 0 Å². The number of nitrogens with one attached hydrogen (secondary N) is 3. The van der Waals surface area contributed by atoms with Crippen LogP contribution >= 0.6 is 0 Å². The Hall–Kier alpha value is -4.27. The fourth-order valence-electron chi connectivity index (χ4n) is 2.75. The molecule has 0 fully saturated rings. The molecule has 0 aliphatic rings. The largest absolute Gasteiger partial charge is 0.481 e. The van der Waals surface area contributed by atoms with Crippen molar-refractivity contribution in [1.29, 1.82) is 0 Å². The van der Waals surface area contributed by atoms with E-state index in [4.69, 9.17) is 5.11 Å². The summed E-state index contributed by atoms with van der Waals surface area (Å²) in [6.07, 6.45) is 1.33. The number of aromatic amines is 1. The predicted molar refractivity (Wildman–Crippen MR) is 108 cm³/mol. The lowest BCUT2D eigenvalue weighted by atomic mass is 10.1. The van der Waals surface area contributed by atoms with E-state index in [0.717, 1.165) is 11.3 Å². The van der Waals surface area contributed by atoms with Crippen molar-refractivity contribution >= 4 is 29.4 Å². The van der Waals surface area contributed by atoms with Crippen LogP contribution in [0.3, 0.4) is 0 Å². The second kappa shape index (κ2) is 8.17. The Morgan fingerprint density at radius 1 is 0.966 bits per heavy atom. The van der Waals surface area contributed by atoms with E-state index < -0.39 is 5.97 Å². The molecule has 0 atom stereocenters. The molecule has 0 amide bonds. The summed E-state index contributed by atoms with van der Waals surface area (Å²) >= 11 is 0. The maximum absolute atomic E-state index is 10.9. The minimum absolute atomic E-state index is 0.0531. The third-order valence-electron chi connectivity index (χ3n) is 4.01. The van der Waals surface area contributed by atoms with E-state index in [0.29, 0.717) is 29.0 Å². The predicted octanol–water partition coefficient (Wildman–Crippen LogP) is 3.38. The highest BCUT2D eigenvalue weighted by Crippen LogP contribution is 2.21. The molecule has 0 radical (unpaired) electrons. The molecule has 9 heteroatoms. The third kappa shape index (κ3) is 4.72. The van der Waals surface area contributed by atoms with Crippen molar-refractivity contribution in [3.63, 3.8) is 0 Å². The van der Waals surface area contributed by atoms with Crippen molar-refractivity contribution in [1.82, 2.24) is 25.1 Å². The van der Waals surface area contributed by atoms with E-state index >= 15 is 0 Å². The number of hydrogen-bond acceptors (Lipinski definition) is 7. The first-order valence-electron chi connectivity index (χ1n) is 8.80. The van der Waals surface area contributed by atoms with E-state index in [1.54, 1.807) is 18.2 Å². The van der Waals surface area contributed by atoms with Gasteiger partial charge in [0, 0.05) is 11.8 Å². The molecule has 144 valence electrons. The topological polar surface area (TPSA) is 129 Å². The molecule has 0 bridgehead atoms. The van der Waals surface area contributed by atoms with Gasteiger partial charge in [0.05, 0.1) is 12.1 Å². The highest BCUT2D eigenvalue weighted by molar-refractivity contribution is 5.71. The lowest BCUT2D eigenvalue weighted by Crippen LogP contribution is -2.04. The van der Waals surface area contributed by atoms with Gasteiger partial charge in [-0.25, -0.2) is 9.97 Å². The normalized spacial score (nSPS) is 10.5. The van der Waals surface area contributed by atoms with E-state index in [-0.39, 0.29) is 6.42 Å². The molecule has 4 aromatic rings. The van der Waals surface area contributed by atoms with Crippen molar-refractivity contribution in [3.8, 4) is 11.3 Å². The Labute approximate surface area is 165 Å². The molecule has 0 aliphatic carbocycles. The van der Waals surface area contributed by atoms with Gasteiger partial charge < -0.3 is 15.7 Å². The molecule has 0 saturated heterocycles. The van der Waals surface area contributed by atoms with Gasteiger partial charge in [0.1, 0.15) is 6.33 Å². The van der Waals surface area contributed by atoms with Crippen LogP contribution < -0.4 is 10.6 Å². The number of carboxylic acids is 1. The van der Waals surface area contributed by atoms with Gasteiger partial charge >= 0.3 is 5.97 Å². The number of H-pyrrole nitrogens is 1. The summed E-state index contributed by atoms with van der Waals surface area (Å²) in [7, 11) is 0. The van der Waals surface area contributed by atoms with Crippen LogP contribution in [0.4, 0.5) is 23.4 Å². The highest BCUT2D eigenvalue weighted by atomic mass is 16.4.